The van der Waals surface area contributed by atoms with Crippen molar-refractivity contribution in [1.29, 1.82) is 0 Å². The van der Waals surface area contributed by atoms with Crippen molar-refractivity contribution in [2.75, 3.05) is 6.61 Å². The average molecular weight is 294 g/mol. The Hall–Kier alpha value is -1.08. The van der Waals surface area contributed by atoms with E-state index in [1.54, 1.807) is 0 Å². The summed E-state index contributed by atoms with van der Waals surface area (Å²) < 4.78 is 62.0. The third-order valence-corrected chi connectivity index (χ3v) is 4.20. The molecule has 0 heterocycles. The van der Waals surface area contributed by atoms with Gasteiger partial charge in [-0.15, -0.1) is 0 Å². The van der Waals surface area contributed by atoms with E-state index in [2.05, 4.69) is 4.18 Å². The maximum Gasteiger partial charge on any atom is 0.523 e. The van der Waals surface area contributed by atoms with Crippen molar-refractivity contribution in [2.45, 2.75) is 24.8 Å². The van der Waals surface area contributed by atoms with E-state index in [1.165, 1.54) is 0 Å². The molecule has 1 aliphatic rings. The molecule has 1 aromatic rings. The van der Waals surface area contributed by atoms with E-state index in [-0.39, 0.29) is 5.92 Å². The van der Waals surface area contributed by atoms with Gasteiger partial charge in [0, 0.05) is 0 Å². The average Bonchev–Trinajstić information content (AvgIpc) is 2.35. The van der Waals surface area contributed by atoms with Gasteiger partial charge in [0.25, 0.3) is 0 Å². The molecule has 0 saturated heterocycles. The summed E-state index contributed by atoms with van der Waals surface area (Å²) >= 11 is 0. The molecule has 19 heavy (non-hydrogen) atoms. The largest absolute Gasteiger partial charge is 0.523 e. The molecule has 1 aliphatic carbocycles. The molecule has 0 aliphatic heterocycles. The molecular formula is C12H13F3O3S. The predicted molar refractivity (Wildman–Crippen MR) is 62.9 cm³/mol. The minimum atomic E-state index is -5.47. The fourth-order valence-electron chi connectivity index (χ4n) is 2.17. The van der Waals surface area contributed by atoms with Crippen molar-refractivity contribution in [3.63, 3.8) is 0 Å². The van der Waals surface area contributed by atoms with E-state index >= 15 is 0 Å². The molecule has 106 valence electrons. The molecule has 0 aromatic heterocycles. The minimum absolute atomic E-state index is 0.202. The third kappa shape index (κ3) is 3.27. The highest BCUT2D eigenvalue weighted by atomic mass is 32.2. The van der Waals surface area contributed by atoms with Gasteiger partial charge in [0.15, 0.2) is 0 Å². The zero-order valence-electron chi connectivity index (χ0n) is 9.98. The number of fused-ring (bicyclic) bond motifs is 1. The molecule has 0 fully saturated rings. The second-order valence-corrected chi connectivity index (χ2v) is 6.17. The van der Waals surface area contributed by atoms with Crippen LogP contribution < -0.4 is 0 Å². The van der Waals surface area contributed by atoms with E-state index in [9.17, 15) is 21.6 Å². The highest BCUT2D eigenvalue weighted by Gasteiger charge is 2.47. The van der Waals surface area contributed by atoms with Crippen LogP contribution in [0.1, 0.15) is 17.5 Å². The third-order valence-electron chi connectivity index (χ3n) is 3.19. The van der Waals surface area contributed by atoms with Crippen LogP contribution in [0.25, 0.3) is 0 Å². The Labute approximate surface area is 109 Å². The maximum atomic E-state index is 12.1. The van der Waals surface area contributed by atoms with Crippen molar-refractivity contribution in [1.82, 2.24) is 0 Å². The topological polar surface area (TPSA) is 43.4 Å². The van der Waals surface area contributed by atoms with E-state index in [0.717, 1.165) is 17.5 Å². The van der Waals surface area contributed by atoms with Gasteiger partial charge in [-0.25, -0.2) is 0 Å². The van der Waals surface area contributed by atoms with E-state index in [1.807, 2.05) is 24.3 Å². The standard InChI is InChI=1S/C12H13F3O3S/c13-12(14,15)19(16,17)18-8-9-5-6-10-3-1-2-4-11(10)7-9/h1-4,9H,5-8H2/t9-/m1/s1. The summed E-state index contributed by atoms with van der Waals surface area (Å²) in [5.41, 5.74) is -3.14. The summed E-state index contributed by atoms with van der Waals surface area (Å²) in [6.45, 7) is -0.420. The molecule has 0 N–H and O–H groups in total. The van der Waals surface area contributed by atoms with Crippen LogP contribution in [0.4, 0.5) is 13.2 Å². The molecule has 2 rings (SSSR count). The number of hydrogen-bond acceptors (Lipinski definition) is 3. The zero-order valence-corrected chi connectivity index (χ0v) is 10.8. The van der Waals surface area contributed by atoms with Gasteiger partial charge in [0.05, 0.1) is 6.61 Å². The van der Waals surface area contributed by atoms with E-state index in [4.69, 9.17) is 0 Å². The van der Waals surface area contributed by atoms with Gasteiger partial charge < -0.3 is 0 Å². The van der Waals surface area contributed by atoms with Crippen LogP contribution in [-0.2, 0) is 27.1 Å². The van der Waals surface area contributed by atoms with Crippen molar-refractivity contribution in [3.05, 3.63) is 35.4 Å². The monoisotopic (exact) mass is 294 g/mol. The first-order valence-electron chi connectivity index (χ1n) is 5.82. The Morgan fingerprint density at radius 2 is 1.84 bits per heavy atom. The summed E-state index contributed by atoms with van der Waals surface area (Å²) in [5.74, 6) is -0.202. The molecule has 1 aromatic carbocycles. The Balaban J connectivity index is 1.97. The first-order chi connectivity index (χ1) is 8.79. The predicted octanol–water partition coefficient (Wildman–Crippen LogP) is 2.66. The van der Waals surface area contributed by atoms with Crippen LogP contribution in [0, 0.1) is 5.92 Å². The lowest BCUT2D eigenvalue weighted by atomic mass is 9.84. The Kier molecular flexibility index (Phi) is 3.87. The summed E-state index contributed by atoms with van der Waals surface area (Å²) in [4.78, 5) is 0. The van der Waals surface area contributed by atoms with Crippen LogP contribution in [0.3, 0.4) is 0 Å². The highest BCUT2D eigenvalue weighted by Crippen LogP contribution is 2.29. The van der Waals surface area contributed by atoms with Crippen molar-refractivity contribution in [3.8, 4) is 0 Å². The molecule has 0 spiro atoms. The fourth-order valence-corrected chi connectivity index (χ4v) is 2.67. The molecular weight excluding hydrogens is 281 g/mol. The number of alkyl halides is 3. The molecule has 3 nitrogen and oxygen atoms in total. The molecule has 7 heteroatoms. The lowest BCUT2D eigenvalue weighted by Crippen LogP contribution is -2.29. The van der Waals surface area contributed by atoms with Crippen molar-refractivity contribution >= 4 is 10.1 Å². The summed E-state index contributed by atoms with van der Waals surface area (Å²) in [7, 11) is -5.47. The summed E-state index contributed by atoms with van der Waals surface area (Å²) in [6.07, 6.45) is 1.91. The first-order valence-corrected chi connectivity index (χ1v) is 7.23. The SMILES string of the molecule is O=S(=O)(OC[C@@H]1CCc2ccccc2C1)C(F)(F)F. The lowest BCUT2D eigenvalue weighted by molar-refractivity contribution is -0.0551. The van der Waals surface area contributed by atoms with E-state index in [0.29, 0.717) is 12.8 Å². The Morgan fingerprint density at radius 1 is 1.21 bits per heavy atom. The minimum Gasteiger partial charge on any atom is -0.263 e. The van der Waals surface area contributed by atoms with Crippen LogP contribution in [0.15, 0.2) is 24.3 Å². The number of hydrogen-bond donors (Lipinski definition) is 0. The van der Waals surface area contributed by atoms with Crippen LogP contribution in [0.2, 0.25) is 0 Å². The summed E-state index contributed by atoms with van der Waals surface area (Å²) in [6, 6.07) is 7.64. The molecule has 0 saturated carbocycles. The molecule has 0 unspecified atom stereocenters. The Morgan fingerprint density at radius 3 is 2.47 bits per heavy atom. The molecule has 0 radical (unpaired) electrons. The van der Waals surface area contributed by atoms with Gasteiger partial charge >= 0.3 is 15.6 Å². The highest BCUT2D eigenvalue weighted by molar-refractivity contribution is 7.87. The molecule has 0 bridgehead atoms. The van der Waals surface area contributed by atoms with E-state index < -0.39 is 22.2 Å². The normalized spacial score (nSPS) is 20.1. The number of halogens is 3. The second kappa shape index (κ2) is 5.13. The lowest BCUT2D eigenvalue weighted by Gasteiger charge is -2.24. The van der Waals surface area contributed by atoms with Gasteiger partial charge in [0.1, 0.15) is 0 Å². The Bertz CT molecular complexity index is 552. The number of benzene rings is 1. The van der Waals surface area contributed by atoms with Crippen LogP contribution in [-0.4, -0.2) is 20.5 Å². The molecule has 1 atom stereocenters. The first kappa shape index (κ1) is 14.3. The van der Waals surface area contributed by atoms with Crippen LogP contribution >= 0.6 is 0 Å². The van der Waals surface area contributed by atoms with Crippen molar-refractivity contribution in [2.24, 2.45) is 5.92 Å². The van der Waals surface area contributed by atoms with Gasteiger partial charge in [-0.3, -0.25) is 4.18 Å². The smallest absolute Gasteiger partial charge is 0.263 e. The van der Waals surface area contributed by atoms with Gasteiger partial charge in [-0.05, 0) is 36.3 Å². The van der Waals surface area contributed by atoms with Crippen LogP contribution in [0.5, 0.6) is 0 Å². The quantitative estimate of drug-likeness (QED) is 0.636. The van der Waals surface area contributed by atoms with Gasteiger partial charge in [0.2, 0.25) is 0 Å². The fraction of sp³-hybridized carbons (Fsp3) is 0.500. The van der Waals surface area contributed by atoms with Gasteiger partial charge in [-0.1, -0.05) is 24.3 Å². The second-order valence-electron chi connectivity index (χ2n) is 4.56. The van der Waals surface area contributed by atoms with Gasteiger partial charge in [-0.2, -0.15) is 21.6 Å². The maximum absolute atomic E-state index is 12.1. The number of rotatable bonds is 3. The number of aryl methyl sites for hydroxylation is 1. The molecule has 0 amide bonds. The summed E-state index contributed by atoms with van der Waals surface area (Å²) in [5, 5.41) is 0. The van der Waals surface area contributed by atoms with Crippen molar-refractivity contribution < 1.29 is 25.8 Å². The zero-order chi connectivity index (χ0) is 14.1.